The van der Waals surface area contributed by atoms with Crippen LogP contribution in [0.25, 0.3) is 0 Å². The minimum absolute atomic E-state index is 0.689. The third-order valence-electron chi connectivity index (χ3n) is 3.56. The van der Waals surface area contributed by atoms with E-state index in [0.717, 1.165) is 32.6 Å². The second kappa shape index (κ2) is 6.51. The van der Waals surface area contributed by atoms with E-state index < -0.39 is 0 Å². The van der Waals surface area contributed by atoms with Crippen LogP contribution in [0.1, 0.15) is 24.0 Å². The highest BCUT2D eigenvalue weighted by molar-refractivity contribution is 9.10. The first kappa shape index (κ1) is 15.1. The number of hydrogen-bond donors (Lipinski definition) is 1. The van der Waals surface area contributed by atoms with Crippen LogP contribution in [0.15, 0.2) is 45.3 Å². The van der Waals surface area contributed by atoms with Crippen molar-refractivity contribution in [3.05, 3.63) is 56.5 Å². The van der Waals surface area contributed by atoms with Gasteiger partial charge < -0.3 is 10.1 Å². The molecule has 2 aromatic carbocycles. The van der Waals surface area contributed by atoms with Crippen molar-refractivity contribution in [2.75, 3.05) is 0 Å². The molecule has 0 heterocycles. The van der Waals surface area contributed by atoms with Crippen molar-refractivity contribution in [3.8, 4) is 11.5 Å². The van der Waals surface area contributed by atoms with Crippen LogP contribution in [-0.2, 0) is 6.54 Å². The first-order valence-corrected chi connectivity index (χ1v) is 8.66. The van der Waals surface area contributed by atoms with Gasteiger partial charge in [0.25, 0.3) is 0 Å². The van der Waals surface area contributed by atoms with Gasteiger partial charge in [0.05, 0.1) is 0 Å². The van der Waals surface area contributed by atoms with Crippen molar-refractivity contribution in [1.82, 2.24) is 5.32 Å². The maximum atomic E-state index is 6.15. The Kier molecular flexibility index (Phi) is 4.67. The van der Waals surface area contributed by atoms with Crippen LogP contribution in [0.5, 0.6) is 11.5 Å². The Hall–Kier alpha value is -0.840. The van der Waals surface area contributed by atoms with E-state index in [4.69, 9.17) is 4.74 Å². The predicted octanol–water partition coefficient (Wildman–Crippen LogP) is 5.56. The molecule has 0 amide bonds. The molecule has 0 spiro atoms. The van der Waals surface area contributed by atoms with Crippen LogP contribution >= 0.6 is 31.9 Å². The highest BCUT2D eigenvalue weighted by Crippen LogP contribution is 2.32. The SMILES string of the molecule is Cc1ccc(Br)cc1Oc1cc(Br)ccc1CNC1CC1. The lowest BCUT2D eigenvalue weighted by Gasteiger charge is -2.14. The summed E-state index contributed by atoms with van der Waals surface area (Å²) in [5.74, 6) is 1.79. The van der Waals surface area contributed by atoms with Crippen molar-refractivity contribution in [2.45, 2.75) is 32.4 Å². The lowest BCUT2D eigenvalue weighted by Crippen LogP contribution is -2.15. The van der Waals surface area contributed by atoms with E-state index >= 15 is 0 Å². The maximum absolute atomic E-state index is 6.15. The van der Waals surface area contributed by atoms with Crippen molar-refractivity contribution in [3.63, 3.8) is 0 Å². The van der Waals surface area contributed by atoms with Gasteiger partial charge in [0.2, 0.25) is 0 Å². The van der Waals surface area contributed by atoms with Gasteiger partial charge in [-0.05, 0) is 49.6 Å². The van der Waals surface area contributed by atoms with E-state index in [-0.39, 0.29) is 0 Å². The number of ether oxygens (including phenoxy) is 1. The zero-order valence-electron chi connectivity index (χ0n) is 11.8. The average molecular weight is 411 g/mol. The Labute approximate surface area is 142 Å². The summed E-state index contributed by atoms with van der Waals surface area (Å²) < 4.78 is 8.21. The van der Waals surface area contributed by atoms with E-state index in [1.165, 1.54) is 18.4 Å². The minimum Gasteiger partial charge on any atom is -0.457 e. The minimum atomic E-state index is 0.689. The third kappa shape index (κ3) is 4.09. The normalized spacial score (nSPS) is 14.2. The fraction of sp³-hybridized carbons (Fsp3) is 0.294. The lowest BCUT2D eigenvalue weighted by atomic mass is 10.2. The summed E-state index contributed by atoms with van der Waals surface area (Å²) in [4.78, 5) is 0. The van der Waals surface area contributed by atoms with E-state index in [9.17, 15) is 0 Å². The molecule has 1 N–H and O–H groups in total. The van der Waals surface area contributed by atoms with E-state index in [1.807, 2.05) is 18.2 Å². The number of hydrogen-bond acceptors (Lipinski definition) is 2. The van der Waals surface area contributed by atoms with Gasteiger partial charge in [-0.3, -0.25) is 0 Å². The second-order valence-corrected chi connectivity index (χ2v) is 7.25. The quantitative estimate of drug-likeness (QED) is 0.696. The van der Waals surface area contributed by atoms with Crippen LogP contribution in [-0.4, -0.2) is 6.04 Å². The molecule has 0 aromatic heterocycles. The lowest BCUT2D eigenvalue weighted by molar-refractivity contribution is 0.468. The fourth-order valence-electron chi connectivity index (χ4n) is 2.11. The molecule has 2 aromatic rings. The average Bonchev–Trinajstić information content (AvgIpc) is 3.26. The largest absolute Gasteiger partial charge is 0.457 e. The van der Waals surface area contributed by atoms with Crippen molar-refractivity contribution in [2.24, 2.45) is 0 Å². The number of benzene rings is 2. The molecular weight excluding hydrogens is 394 g/mol. The van der Waals surface area contributed by atoms with Crippen molar-refractivity contribution < 1.29 is 4.74 Å². The molecule has 21 heavy (non-hydrogen) atoms. The van der Waals surface area contributed by atoms with Crippen LogP contribution < -0.4 is 10.1 Å². The molecule has 1 aliphatic carbocycles. The van der Waals surface area contributed by atoms with Crippen molar-refractivity contribution >= 4 is 31.9 Å². The molecule has 0 atom stereocenters. The number of rotatable bonds is 5. The smallest absolute Gasteiger partial charge is 0.133 e. The van der Waals surface area contributed by atoms with Gasteiger partial charge in [0.1, 0.15) is 11.5 Å². The molecular formula is C17H17Br2NO. The molecule has 0 bridgehead atoms. The molecule has 1 aliphatic rings. The number of halogens is 2. The molecule has 0 aliphatic heterocycles. The zero-order chi connectivity index (χ0) is 14.8. The Bertz CT molecular complexity index is 653. The van der Waals surface area contributed by atoms with Crippen molar-refractivity contribution in [1.29, 1.82) is 0 Å². The highest BCUT2D eigenvalue weighted by Gasteiger charge is 2.20. The molecule has 1 fully saturated rings. The monoisotopic (exact) mass is 409 g/mol. The van der Waals surface area contributed by atoms with Gasteiger partial charge in [-0.2, -0.15) is 0 Å². The topological polar surface area (TPSA) is 21.3 Å². The van der Waals surface area contributed by atoms with Crippen LogP contribution in [0.4, 0.5) is 0 Å². The standard InChI is InChI=1S/C17H17Br2NO/c1-11-2-4-13(18)8-16(11)21-17-9-14(19)5-3-12(17)10-20-15-6-7-15/h2-5,8-9,15,20H,6-7,10H2,1H3. The van der Waals surface area contributed by atoms with E-state index in [1.54, 1.807) is 0 Å². The molecule has 0 radical (unpaired) electrons. The van der Waals surface area contributed by atoms with Gasteiger partial charge in [-0.15, -0.1) is 0 Å². The molecule has 4 heteroatoms. The molecule has 1 saturated carbocycles. The van der Waals surface area contributed by atoms with Crippen LogP contribution in [0.2, 0.25) is 0 Å². The van der Waals surface area contributed by atoms with E-state index in [0.29, 0.717) is 6.04 Å². The zero-order valence-corrected chi connectivity index (χ0v) is 15.0. The first-order chi connectivity index (χ1) is 10.1. The maximum Gasteiger partial charge on any atom is 0.133 e. The molecule has 0 unspecified atom stereocenters. The number of nitrogens with one attached hydrogen (secondary N) is 1. The van der Waals surface area contributed by atoms with E-state index in [2.05, 4.69) is 62.3 Å². The molecule has 3 rings (SSSR count). The summed E-state index contributed by atoms with van der Waals surface area (Å²) in [5.41, 5.74) is 2.31. The van der Waals surface area contributed by atoms with Crippen LogP contribution in [0.3, 0.4) is 0 Å². The summed E-state index contributed by atoms with van der Waals surface area (Å²) in [5, 5.41) is 3.54. The van der Waals surface area contributed by atoms with Gasteiger partial charge in [0.15, 0.2) is 0 Å². The van der Waals surface area contributed by atoms with Gasteiger partial charge in [-0.1, -0.05) is 44.0 Å². The van der Waals surface area contributed by atoms with Gasteiger partial charge >= 0.3 is 0 Å². The first-order valence-electron chi connectivity index (χ1n) is 7.07. The summed E-state index contributed by atoms with van der Waals surface area (Å²) in [6, 6.07) is 13.0. The van der Waals surface area contributed by atoms with Gasteiger partial charge in [0, 0.05) is 27.1 Å². The fourth-order valence-corrected chi connectivity index (χ4v) is 2.79. The highest BCUT2D eigenvalue weighted by atomic mass is 79.9. The molecule has 110 valence electrons. The molecule has 0 saturated heterocycles. The summed E-state index contributed by atoms with van der Waals surface area (Å²) >= 11 is 7.02. The van der Waals surface area contributed by atoms with Crippen LogP contribution in [0, 0.1) is 6.92 Å². The summed E-state index contributed by atoms with van der Waals surface area (Å²) in [7, 11) is 0. The Morgan fingerprint density at radius 2 is 1.71 bits per heavy atom. The summed E-state index contributed by atoms with van der Waals surface area (Å²) in [6.07, 6.45) is 2.58. The Morgan fingerprint density at radius 1 is 1.05 bits per heavy atom. The third-order valence-corrected chi connectivity index (χ3v) is 4.54. The Morgan fingerprint density at radius 3 is 2.43 bits per heavy atom. The summed E-state index contributed by atoms with van der Waals surface area (Å²) in [6.45, 7) is 2.90. The second-order valence-electron chi connectivity index (χ2n) is 5.42. The Balaban J connectivity index is 1.85. The molecule has 2 nitrogen and oxygen atoms in total. The predicted molar refractivity (Wildman–Crippen MR) is 93.0 cm³/mol. The van der Waals surface area contributed by atoms with Gasteiger partial charge in [-0.25, -0.2) is 0 Å². The number of aryl methyl sites for hydroxylation is 1.